The van der Waals surface area contributed by atoms with Crippen molar-refractivity contribution in [2.75, 3.05) is 32.1 Å². The first kappa shape index (κ1) is 17.5. The lowest BCUT2D eigenvalue weighted by Gasteiger charge is -2.19. The van der Waals surface area contributed by atoms with Crippen LogP contribution in [0.15, 0.2) is 18.2 Å². The molecule has 1 aromatic carbocycles. The number of carbonyl (C=O) groups excluding carboxylic acids is 2. The molecule has 0 aromatic heterocycles. The third-order valence-electron chi connectivity index (χ3n) is 2.89. The molecule has 1 aromatic rings. The molecule has 0 bridgehead atoms. The van der Waals surface area contributed by atoms with Gasteiger partial charge in [-0.3, -0.25) is 14.5 Å². The van der Waals surface area contributed by atoms with Crippen molar-refractivity contribution in [1.29, 1.82) is 0 Å². The number of esters is 1. The molecule has 5 nitrogen and oxygen atoms in total. The SMILES string of the molecule is CCCN(CC(=O)Nc1ccc(C)cc1Cl)CC(=O)OC. The highest BCUT2D eigenvalue weighted by molar-refractivity contribution is 6.33. The second-order valence-corrected chi connectivity index (χ2v) is 5.23. The molecule has 0 aliphatic heterocycles. The Morgan fingerprint density at radius 1 is 1.33 bits per heavy atom. The van der Waals surface area contributed by atoms with Crippen molar-refractivity contribution in [2.24, 2.45) is 0 Å². The minimum absolute atomic E-state index is 0.0966. The van der Waals surface area contributed by atoms with Crippen LogP contribution in [0, 0.1) is 6.92 Å². The maximum Gasteiger partial charge on any atom is 0.319 e. The summed E-state index contributed by atoms with van der Waals surface area (Å²) in [5, 5.41) is 3.25. The van der Waals surface area contributed by atoms with Crippen LogP contribution in [0.5, 0.6) is 0 Å². The number of hydrogen-bond donors (Lipinski definition) is 1. The molecule has 0 heterocycles. The lowest BCUT2D eigenvalue weighted by molar-refractivity contribution is -0.142. The van der Waals surface area contributed by atoms with Gasteiger partial charge in [-0.15, -0.1) is 0 Å². The third-order valence-corrected chi connectivity index (χ3v) is 3.20. The highest BCUT2D eigenvalue weighted by Crippen LogP contribution is 2.22. The third kappa shape index (κ3) is 6.14. The zero-order valence-corrected chi connectivity index (χ0v) is 13.4. The number of nitrogens with one attached hydrogen (secondary N) is 1. The first-order chi connectivity index (χ1) is 9.96. The van der Waals surface area contributed by atoms with Crippen LogP contribution in [0.3, 0.4) is 0 Å². The summed E-state index contributed by atoms with van der Waals surface area (Å²) in [4.78, 5) is 25.1. The van der Waals surface area contributed by atoms with E-state index < -0.39 is 0 Å². The van der Waals surface area contributed by atoms with Crippen molar-refractivity contribution in [3.63, 3.8) is 0 Å². The summed E-state index contributed by atoms with van der Waals surface area (Å²) < 4.78 is 4.63. The van der Waals surface area contributed by atoms with Gasteiger partial charge in [-0.1, -0.05) is 24.6 Å². The fraction of sp³-hybridized carbons (Fsp3) is 0.467. The molecule has 1 amide bonds. The fourth-order valence-electron chi connectivity index (χ4n) is 1.89. The van der Waals surface area contributed by atoms with Crippen LogP contribution in [-0.4, -0.2) is 43.5 Å². The Kier molecular flexibility index (Phi) is 7.19. The largest absolute Gasteiger partial charge is 0.468 e. The zero-order chi connectivity index (χ0) is 15.8. The fourth-order valence-corrected chi connectivity index (χ4v) is 2.17. The molecule has 21 heavy (non-hydrogen) atoms. The molecule has 0 saturated heterocycles. The van der Waals surface area contributed by atoms with Gasteiger partial charge in [0.15, 0.2) is 0 Å². The van der Waals surface area contributed by atoms with Crippen molar-refractivity contribution in [2.45, 2.75) is 20.3 Å². The smallest absolute Gasteiger partial charge is 0.319 e. The molecule has 0 unspecified atom stereocenters. The van der Waals surface area contributed by atoms with E-state index >= 15 is 0 Å². The monoisotopic (exact) mass is 312 g/mol. The highest BCUT2D eigenvalue weighted by atomic mass is 35.5. The van der Waals surface area contributed by atoms with Gasteiger partial charge in [0.05, 0.1) is 30.9 Å². The van der Waals surface area contributed by atoms with E-state index in [9.17, 15) is 9.59 Å². The van der Waals surface area contributed by atoms with Gasteiger partial charge < -0.3 is 10.1 Å². The standard InChI is InChI=1S/C15H21ClN2O3/c1-4-7-18(10-15(20)21-3)9-14(19)17-13-6-5-11(2)8-12(13)16/h5-6,8H,4,7,9-10H2,1-3H3,(H,17,19). The molecule has 1 N–H and O–H groups in total. The quantitative estimate of drug-likeness (QED) is 0.786. The normalized spacial score (nSPS) is 10.5. The van der Waals surface area contributed by atoms with Crippen LogP contribution >= 0.6 is 11.6 Å². The predicted molar refractivity (Wildman–Crippen MR) is 83.6 cm³/mol. The Labute approximate surface area is 130 Å². The molecule has 0 radical (unpaired) electrons. The van der Waals surface area contributed by atoms with Crippen LogP contribution in [0.2, 0.25) is 5.02 Å². The molecular formula is C15H21ClN2O3. The number of aryl methyl sites for hydroxylation is 1. The van der Waals surface area contributed by atoms with Crippen LogP contribution < -0.4 is 5.32 Å². The van der Waals surface area contributed by atoms with Crippen LogP contribution in [0.1, 0.15) is 18.9 Å². The van der Waals surface area contributed by atoms with Crippen LogP contribution in [-0.2, 0) is 14.3 Å². The lowest BCUT2D eigenvalue weighted by atomic mass is 10.2. The number of methoxy groups -OCH3 is 1. The molecule has 0 fully saturated rings. The van der Waals surface area contributed by atoms with E-state index in [1.165, 1.54) is 7.11 Å². The number of anilines is 1. The van der Waals surface area contributed by atoms with Crippen molar-refractivity contribution in [3.8, 4) is 0 Å². The molecule has 6 heteroatoms. The van der Waals surface area contributed by atoms with E-state index in [-0.39, 0.29) is 25.0 Å². The summed E-state index contributed by atoms with van der Waals surface area (Å²) in [6, 6.07) is 5.43. The molecular weight excluding hydrogens is 292 g/mol. The topological polar surface area (TPSA) is 58.6 Å². The van der Waals surface area contributed by atoms with E-state index in [0.29, 0.717) is 17.3 Å². The van der Waals surface area contributed by atoms with Crippen molar-refractivity contribution >= 4 is 29.2 Å². The number of benzene rings is 1. The lowest BCUT2D eigenvalue weighted by Crippen LogP contribution is -2.37. The first-order valence-corrected chi connectivity index (χ1v) is 7.19. The van der Waals surface area contributed by atoms with Gasteiger partial charge in [0, 0.05) is 0 Å². The summed E-state index contributed by atoms with van der Waals surface area (Å²) in [5.41, 5.74) is 1.60. The van der Waals surface area contributed by atoms with Gasteiger partial charge in [0.25, 0.3) is 0 Å². The van der Waals surface area contributed by atoms with Crippen molar-refractivity contribution < 1.29 is 14.3 Å². The average Bonchev–Trinajstić information content (AvgIpc) is 2.42. The van der Waals surface area contributed by atoms with Crippen LogP contribution in [0.25, 0.3) is 0 Å². The Morgan fingerprint density at radius 3 is 2.62 bits per heavy atom. The van der Waals surface area contributed by atoms with Crippen molar-refractivity contribution in [1.82, 2.24) is 4.90 Å². The number of amides is 1. The second-order valence-electron chi connectivity index (χ2n) is 4.82. The number of halogens is 1. The second kappa shape index (κ2) is 8.64. The van der Waals surface area contributed by atoms with Gasteiger partial charge in [0.2, 0.25) is 5.91 Å². The molecule has 116 valence electrons. The number of carbonyl (C=O) groups is 2. The summed E-state index contributed by atoms with van der Waals surface area (Å²) in [6.07, 6.45) is 0.843. The van der Waals surface area contributed by atoms with Gasteiger partial charge in [0.1, 0.15) is 0 Å². The van der Waals surface area contributed by atoms with E-state index in [1.54, 1.807) is 17.0 Å². The maximum absolute atomic E-state index is 12.0. The summed E-state index contributed by atoms with van der Waals surface area (Å²) in [6.45, 7) is 4.77. The van der Waals surface area contributed by atoms with Gasteiger partial charge >= 0.3 is 5.97 Å². The number of rotatable bonds is 7. The maximum atomic E-state index is 12.0. The number of ether oxygens (including phenoxy) is 1. The Bertz CT molecular complexity index is 506. The minimum Gasteiger partial charge on any atom is -0.468 e. The zero-order valence-electron chi connectivity index (χ0n) is 12.6. The van der Waals surface area contributed by atoms with Gasteiger partial charge in [-0.25, -0.2) is 0 Å². The number of nitrogens with zero attached hydrogens (tertiary/aromatic N) is 1. The van der Waals surface area contributed by atoms with Gasteiger partial charge in [-0.05, 0) is 37.6 Å². The Balaban J connectivity index is 2.62. The van der Waals surface area contributed by atoms with Crippen LogP contribution in [0.4, 0.5) is 5.69 Å². The van der Waals surface area contributed by atoms with E-state index in [1.807, 2.05) is 19.9 Å². The summed E-state index contributed by atoms with van der Waals surface area (Å²) in [7, 11) is 1.33. The molecule has 0 saturated carbocycles. The number of hydrogen-bond acceptors (Lipinski definition) is 4. The van der Waals surface area contributed by atoms with Crippen molar-refractivity contribution in [3.05, 3.63) is 28.8 Å². The van der Waals surface area contributed by atoms with E-state index in [4.69, 9.17) is 11.6 Å². The summed E-state index contributed by atoms with van der Waals surface area (Å²) in [5.74, 6) is -0.567. The predicted octanol–water partition coefficient (Wildman–Crippen LogP) is 2.47. The van der Waals surface area contributed by atoms with E-state index in [0.717, 1.165) is 12.0 Å². The molecule has 0 aliphatic rings. The highest BCUT2D eigenvalue weighted by Gasteiger charge is 2.15. The Morgan fingerprint density at radius 2 is 2.05 bits per heavy atom. The summed E-state index contributed by atoms with van der Waals surface area (Å²) >= 11 is 6.08. The minimum atomic E-state index is -0.357. The average molecular weight is 313 g/mol. The van der Waals surface area contributed by atoms with E-state index in [2.05, 4.69) is 10.1 Å². The molecule has 0 aliphatic carbocycles. The first-order valence-electron chi connectivity index (χ1n) is 6.81. The van der Waals surface area contributed by atoms with Gasteiger partial charge in [-0.2, -0.15) is 0 Å². The molecule has 0 atom stereocenters. The molecule has 1 rings (SSSR count). The molecule has 0 spiro atoms. The Hall–Kier alpha value is -1.59.